The standard InChI is InChI=1S/C9H10FNO2.ClH/c1-13-7-2-5-3-11-4-6(5)8(10)9(7)12;/h2,11-12H,3-4H2,1H3;1H. The lowest BCUT2D eigenvalue weighted by Crippen LogP contribution is -2.00. The zero-order valence-corrected chi connectivity index (χ0v) is 8.45. The van der Waals surface area contributed by atoms with E-state index in [0.29, 0.717) is 18.7 Å². The van der Waals surface area contributed by atoms with E-state index in [1.165, 1.54) is 7.11 Å². The van der Waals surface area contributed by atoms with Crippen LogP contribution in [-0.2, 0) is 13.1 Å². The second-order valence-electron chi connectivity index (χ2n) is 2.98. The molecule has 1 aliphatic heterocycles. The van der Waals surface area contributed by atoms with Crippen LogP contribution in [0, 0.1) is 5.82 Å². The molecule has 0 bridgehead atoms. The summed E-state index contributed by atoms with van der Waals surface area (Å²) in [5, 5.41) is 12.3. The van der Waals surface area contributed by atoms with Crippen LogP contribution in [0.4, 0.5) is 4.39 Å². The molecule has 14 heavy (non-hydrogen) atoms. The van der Waals surface area contributed by atoms with E-state index in [0.717, 1.165) is 5.56 Å². The summed E-state index contributed by atoms with van der Waals surface area (Å²) in [6, 6.07) is 1.66. The van der Waals surface area contributed by atoms with Crippen molar-refractivity contribution >= 4 is 12.4 Å². The molecule has 5 heteroatoms. The Balaban J connectivity index is 0.000000980. The van der Waals surface area contributed by atoms with Crippen molar-refractivity contribution in [1.82, 2.24) is 5.32 Å². The van der Waals surface area contributed by atoms with Gasteiger partial charge in [0.25, 0.3) is 0 Å². The molecule has 0 saturated carbocycles. The van der Waals surface area contributed by atoms with Crippen molar-refractivity contribution < 1.29 is 14.2 Å². The Bertz CT molecular complexity index is 356. The Morgan fingerprint density at radius 3 is 2.86 bits per heavy atom. The number of phenolic OH excluding ortho intramolecular Hbond substituents is 1. The van der Waals surface area contributed by atoms with E-state index in [9.17, 15) is 9.50 Å². The number of nitrogens with one attached hydrogen (secondary N) is 1. The van der Waals surface area contributed by atoms with Crippen LogP contribution in [0.25, 0.3) is 0 Å². The largest absolute Gasteiger partial charge is 0.502 e. The molecule has 1 aromatic rings. The molecule has 1 heterocycles. The van der Waals surface area contributed by atoms with E-state index in [-0.39, 0.29) is 18.2 Å². The molecule has 0 fully saturated rings. The van der Waals surface area contributed by atoms with Gasteiger partial charge in [-0.2, -0.15) is 0 Å². The molecule has 0 unspecified atom stereocenters. The van der Waals surface area contributed by atoms with Crippen molar-refractivity contribution in [3.63, 3.8) is 0 Å². The summed E-state index contributed by atoms with van der Waals surface area (Å²) < 4.78 is 18.2. The van der Waals surface area contributed by atoms with Gasteiger partial charge >= 0.3 is 0 Å². The summed E-state index contributed by atoms with van der Waals surface area (Å²) in [7, 11) is 1.41. The number of benzene rings is 1. The highest BCUT2D eigenvalue weighted by Gasteiger charge is 2.21. The molecular weight excluding hydrogens is 209 g/mol. The zero-order chi connectivity index (χ0) is 9.42. The van der Waals surface area contributed by atoms with Crippen LogP contribution in [0.2, 0.25) is 0 Å². The summed E-state index contributed by atoms with van der Waals surface area (Å²) in [6.07, 6.45) is 0. The maximum Gasteiger partial charge on any atom is 0.194 e. The van der Waals surface area contributed by atoms with Gasteiger partial charge < -0.3 is 15.2 Å². The molecule has 78 valence electrons. The van der Waals surface area contributed by atoms with E-state index in [1.54, 1.807) is 6.07 Å². The van der Waals surface area contributed by atoms with Gasteiger partial charge in [0.1, 0.15) is 0 Å². The van der Waals surface area contributed by atoms with Crippen molar-refractivity contribution in [2.24, 2.45) is 0 Å². The minimum atomic E-state index is -0.570. The van der Waals surface area contributed by atoms with Gasteiger partial charge in [-0.1, -0.05) is 0 Å². The predicted molar refractivity (Wildman–Crippen MR) is 52.4 cm³/mol. The minimum absolute atomic E-state index is 0. The predicted octanol–water partition coefficient (Wildman–Crippen LogP) is 1.56. The van der Waals surface area contributed by atoms with Gasteiger partial charge in [-0.15, -0.1) is 12.4 Å². The highest BCUT2D eigenvalue weighted by Crippen LogP contribution is 2.35. The zero-order valence-electron chi connectivity index (χ0n) is 7.63. The van der Waals surface area contributed by atoms with Crippen molar-refractivity contribution in [2.75, 3.05) is 7.11 Å². The SMILES string of the molecule is COc1cc2c(c(F)c1O)CNC2.Cl. The van der Waals surface area contributed by atoms with E-state index >= 15 is 0 Å². The molecular formula is C9H11ClFNO2. The van der Waals surface area contributed by atoms with Gasteiger partial charge in [-0.05, 0) is 11.6 Å². The highest BCUT2D eigenvalue weighted by molar-refractivity contribution is 5.85. The van der Waals surface area contributed by atoms with Crippen LogP contribution in [-0.4, -0.2) is 12.2 Å². The molecule has 1 aliphatic rings. The fourth-order valence-corrected chi connectivity index (χ4v) is 1.53. The lowest BCUT2D eigenvalue weighted by molar-refractivity contribution is 0.355. The molecule has 0 saturated heterocycles. The normalized spacial score (nSPS) is 13.3. The molecule has 0 atom stereocenters. The van der Waals surface area contributed by atoms with Gasteiger partial charge in [0.15, 0.2) is 17.3 Å². The van der Waals surface area contributed by atoms with Gasteiger partial charge in [0.2, 0.25) is 0 Å². The van der Waals surface area contributed by atoms with Gasteiger partial charge in [-0.25, -0.2) is 4.39 Å². The van der Waals surface area contributed by atoms with Crippen molar-refractivity contribution in [3.05, 3.63) is 23.0 Å². The van der Waals surface area contributed by atoms with Crippen LogP contribution in [0.15, 0.2) is 6.07 Å². The number of rotatable bonds is 1. The Labute approximate surface area is 87.3 Å². The Hall–Kier alpha value is -1.00. The summed E-state index contributed by atoms with van der Waals surface area (Å²) in [5.41, 5.74) is 1.39. The Kier molecular flexibility index (Phi) is 3.18. The third-order valence-electron chi connectivity index (χ3n) is 2.24. The van der Waals surface area contributed by atoms with Gasteiger partial charge in [0, 0.05) is 18.7 Å². The molecule has 0 spiro atoms. The minimum Gasteiger partial charge on any atom is -0.502 e. The third-order valence-corrected chi connectivity index (χ3v) is 2.24. The van der Waals surface area contributed by atoms with Crippen LogP contribution in [0.1, 0.15) is 11.1 Å². The molecule has 2 N–H and O–H groups in total. The third kappa shape index (κ3) is 1.51. The molecule has 0 radical (unpaired) electrons. The lowest BCUT2D eigenvalue weighted by Gasteiger charge is -2.07. The van der Waals surface area contributed by atoms with Gasteiger partial charge in [-0.3, -0.25) is 0 Å². The number of ether oxygens (including phenoxy) is 1. The number of hydrogen-bond acceptors (Lipinski definition) is 3. The monoisotopic (exact) mass is 219 g/mol. The summed E-state index contributed by atoms with van der Waals surface area (Å²) >= 11 is 0. The summed E-state index contributed by atoms with van der Waals surface area (Å²) in [4.78, 5) is 0. The van der Waals surface area contributed by atoms with Crippen molar-refractivity contribution in [3.8, 4) is 11.5 Å². The van der Waals surface area contributed by atoms with Crippen molar-refractivity contribution in [1.29, 1.82) is 0 Å². The first-order valence-corrected chi connectivity index (χ1v) is 4.02. The molecule has 3 nitrogen and oxygen atoms in total. The van der Waals surface area contributed by atoms with E-state index in [2.05, 4.69) is 5.32 Å². The van der Waals surface area contributed by atoms with Crippen LogP contribution in [0.3, 0.4) is 0 Å². The van der Waals surface area contributed by atoms with E-state index in [4.69, 9.17) is 4.74 Å². The first-order chi connectivity index (χ1) is 6.24. The average Bonchev–Trinajstić information content (AvgIpc) is 2.59. The second-order valence-corrected chi connectivity index (χ2v) is 2.98. The van der Waals surface area contributed by atoms with Crippen LogP contribution >= 0.6 is 12.4 Å². The first-order valence-electron chi connectivity index (χ1n) is 4.02. The number of methoxy groups -OCH3 is 1. The summed E-state index contributed by atoms with van der Waals surface area (Å²) in [6.45, 7) is 1.10. The molecule has 0 amide bonds. The number of phenols is 1. The molecule has 2 rings (SSSR count). The number of aromatic hydroxyl groups is 1. The van der Waals surface area contributed by atoms with Crippen molar-refractivity contribution in [2.45, 2.75) is 13.1 Å². The van der Waals surface area contributed by atoms with Gasteiger partial charge in [0.05, 0.1) is 7.11 Å². The number of fused-ring (bicyclic) bond motifs is 1. The first kappa shape index (κ1) is 11.1. The van der Waals surface area contributed by atoms with Crippen LogP contribution < -0.4 is 10.1 Å². The lowest BCUT2D eigenvalue weighted by atomic mass is 10.1. The smallest absolute Gasteiger partial charge is 0.194 e. The maximum absolute atomic E-state index is 13.4. The quantitative estimate of drug-likeness (QED) is 0.753. The fraction of sp³-hybridized carbons (Fsp3) is 0.333. The molecule has 0 aliphatic carbocycles. The Morgan fingerprint density at radius 2 is 2.21 bits per heavy atom. The summed E-state index contributed by atoms with van der Waals surface area (Å²) in [5.74, 6) is -0.774. The Morgan fingerprint density at radius 1 is 1.50 bits per heavy atom. The van der Waals surface area contributed by atoms with E-state index < -0.39 is 11.6 Å². The molecule has 0 aromatic heterocycles. The van der Waals surface area contributed by atoms with E-state index in [1.807, 2.05) is 0 Å². The highest BCUT2D eigenvalue weighted by atomic mass is 35.5. The number of hydrogen-bond donors (Lipinski definition) is 2. The molecule has 1 aromatic carbocycles. The number of halogens is 2. The fourth-order valence-electron chi connectivity index (χ4n) is 1.53. The maximum atomic E-state index is 13.4. The second kappa shape index (κ2) is 4.02. The topological polar surface area (TPSA) is 41.5 Å². The average molecular weight is 220 g/mol. The van der Waals surface area contributed by atoms with Crippen LogP contribution in [0.5, 0.6) is 11.5 Å².